The van der Waals surface area contributed by atoms with Crippen LogP contribution in [0.25, 0.3) is 0 Å². The molecule has 0 saturated heterocycles. The average molecular weight is 373 g/mol. The van der Waals surface area contributed by atoms with Gasteiger partial charge in [-0.05, 0) is 36.4 Å². The van der Waals surface area contributed by atoms with Crippen LogP contribution >= 0.6 is 11.6 Å². The van der Waals surface area contributed by atoms with Gasteiger partial charge in [-0.3, -0.25) is 10.1 Å². The maximum Gasteiger partial charge on any atom is 0.373 e. The number of anilines is 2. The number of methoxy groups -OCH3 is 1. The number of hydrogen-bond acceptors (Lipinski definition) is 7. The van der Waals surface area contributed by atoms with Crippen LogP contribution in [-0.4, -0.2) is 22.0 Å². The molecule has 0 unspecified atom stereocenters. The van der Waals surface area contributed by atoms with Crippen molar-refractivity contribution >= 4 is 28.8 Å². The number of nitrogens with zero attached hydrogens (tertiary/aromatic N) is 3. The predicted octanol–water partition coefficient (Wildman–Crippen LogP) is 4.58. The van der Waals surface area contributed by atoms with Gasteiger partial charge in [0, 0.05) is 0 Å². The number of rotatable bonds is 6. The molecule has 0 fully saturated rings. The van der Waals surface area contributed by atoms with Crippen molar-refractivity contribution in [3.63, 3.8) is 0 Å². The molecule has 0 radical (unpaired) electrons. The van der Waals surface area contributed by atoms with Crippen molar-refractivity contribution in [1.29, 1.82) is 0 Å². The van der Waals surface area contributed by atoms with E-state index in [4.69, 9.17) is 21.1 Å². The highest BCUT2D eigenvalue weighted by molar-refractivity contribution is 6.33. The van der Waals surface area contributed by atoms with Gasteiger partial charge in [0.15, 0.2) is 0 Å². The molecule has 0 spiro atoms. The van der Waals surface area contributed by atoms with Crippen molar-refractivity contribution < 1.29 is 14.4 Å². The Balaban J connectivity index is 1.95. The molecule has 132 valence electrons. The Labute approximate surface area is 153 Å². The van der Waals surface area contributed by atoms with Crippen LogP contribution in [0.5, 0.6) is 17.4 Å². The fourth-order valence-electron chi connectivity index (χ4n) is 2.14. The molecule has 3 aromatic rings. The van der Waals surface area contributed by atoms with Crippen molar-refractivity contribution in [2.24, 2.45) is 0 Å². The highest BCUT2D eigenvalue weighted by Gasteiger charge is 2.25. The monoisotopic (exact) mass is 372 g/mol. The highest BCUT2D eigenvalue weighted by Crippen LogP contribution is 2.36. The number of halogens is 1. The van der Waals surface area contributed by atoms with Crippen molar-refractivity contribution in [2.75, 3.05) is 12.4 Å². The molecule has 0 atom stereocenters. The number of nitrogens with one attached hydrogen (secondary N) is 1. The second-order valence-electron chi connectivity index (χ2n) is 5.02. The molecule has 3 rings (SSSR count). The van der Waals surface area contributed by atoms with E-state index in [1.54, 1.807) is 48.5 Å². The number of benzene rings is 2. The van der Waals surface area contributed by atoms with Crippen LogP contribution in [0.2, 0.25) is 5.02 Å². The molecular weight excluding hydrogens is 360 g/mol. The largest absolute Gasteiger partial charge is 0.497 e. The van der Waals surface area contributed by atoms with Gasteiger partial charge >= 0.3 is 11.6 Å². The zero-order chi connectivity index (χ0) is 18.5. The molecular formula is C17H13ClN4O4. The first-order valence-electron chi connectivity index (χ1n) is 7.41. The summed E-state index contributed by atoms with van der Waals surface area (Å²) in [5.74, 6) is 0.790. The topological polar surface area (TPSA) is 99.4 Å². The second-order valence-corrected chi connectivity index (χ2v) is 5.42. The summed E-state index contributed by atoms with van der Waals surface area (Å²) in [6, 6.07) is 13.4. The van der Waals surface area contributed by atoms with Crippen LogP contribution < -0.4 is 14.8 Å². The minimum absolute atomic E-state index is 0.0263. The van der Waals surface area contributed by atoms with Gasteiger partial charge in [0.25, 0.3) is 0 Å². The van der Waals surface area contributed by atoms with Crippen LogP contribution in [0.4, 0.5) is 17.2 Å². The SMILES string of the molecule is COc1ccc(Oc2ncnc(Nc3ccccc3Cl)c2[N+](=O)[O-])cc1. The van der Waals surface area contributed by atoms with E-state index in [9.17, 15) is 10.1 Å². The molecule has 0 aliphatic heterocycles. The van der Waals surface area contributed by atoms with E-state index in [1.807, 2.05) is 0 Å². The summed E-state index contributed by atoms with van der Waals surface area (Å²) in [7, 11) is 1.54. The summed E-state index contributed by atoms with van der Waals surface area (Å²) in [5, 5.41) is 14.8. The van der Waals surface area contributed by atoms with E-state index in [2.05, 4.69) is 15.3 Å². The molecule has 26 heavy (non-hydrogen) atoms. The Morgan fingerprint density at radius 1 is 1.08 bits per heavy atom. The molecule has 1 aromatic heterocycles. The first kappa shape index (κ1) is 17.4. The summed E-state index contributed by atoms with van der Waals surface area (Å²) in [6.07, 6.45) is 1.17. The lowest BCUT2D eigenvalue weighted by Crippen LogP contribution is -2.03. The molecule has 1 N–H and O–H groups in total. The Hall–Kier alpha value is -3.39. The molecule has 0 bridgehead atoms. The normalized spacial score (nSPS) is 10.2. The Morgan fingerprint density at radius 2 is 1.77 bits per heavy atom. The first-order valence-corrected chi connectivity index (χ1v) is 7.79. The summed E-state index contributed by atoms with van der Waals surface area (Å²) in [4.78, 5) is 18.8. The molecule has 0 aliphatic rings. The van der Waals surface area contributed by atoms with E-state index in [0.29, 0.717) is 22.2 Å². The van der Waals surface area contributed by atoms with E-state index < -0.39 is 10.6 Å². The number of para-hydroxylation sites is 1. The number of hydrogen-bond donors (Lipinski definition) is 1. The molecule has 1 heterocycles. The minimum atomic E-state index is -0.613. The summed E-state index contributed by atoms with van der Waals surface area (Å²) >= 11 is 6.09. The summed E-state index contributed by atoms with van der Waals surface area (Å²) in [5.41, 5.74) is 0.0783. The Kier molecular flexibility index (Phi) is 5.14. The lowest BCUT2D eigenvalue weighted by molar-refractivity contribution is -0.385. The average Bonchev–Trinajstić information content (AvgIpc) is 2.64. The Morgan fingerprint density at radius 3 is 2.42 bits per heavy atom. The van der Waals surface area contributed by atoms with Crippen LogP contribution in [-0.2, 0) is 0 Å². The third kappa shape index (κ3) is 3.81. The van der Waals surface area contributed by atoms with Crippen molar-refractivity contribution in [3.05, 3.63) is 70.0 Å². The third-order valence-electron chi connectivity index (χ3n) is 3.37. The first-order chi connectivity index (χ1) is 12.6. The Bertz CT molecular complexity index is 934. The number of aromatic nitrogens is 2. The van der Waals surface area contributed by atoms with Gasteiger partial charge in [-0.15, -0.1) is 0 Å². The van der Waals surface area contributed by atoms with E-state index in [-0.39, 0.29) is 11.7 Å². The molecule has 8 nitrogen and oxygen atoms in total. The molecule has 0 amide bonds. The standard InChI is InChI=1S/C17H13ClN4O4/c1-25-11-6-8-12(9-7-11)26-17-15(22(23)24)16(19-10-20-17)21-14-5-3-2-4-13(14)18/h2-10H,1H3,(H,19,20,21). The summed E-state index contributed by atoms with van der Waals surface area (Å²) in [6.45, 7) is 0. The minimum Gasteiger partial charge on any atom is -0.497 e. The molecule has 0 aliphatic carbocycles. The third-order valence-corrected chi connectivity index (χ3v) is 3.70. The molecule has 0 saturated carbocycles. The maximum absolute atomic E-state index is 11.6. The van der Waals surface area contributed by atoms with Crippen LogP contribution in [0.3, 0.4) is 0 Å². The lowest BCUT2D eigenvalue weighted by atomic mass is 10.3. The molecule has 2 aromatic carbocycles. The fraction of sp³-hybridized carbons (Fsp3) is 0.0588. The van der Waals surface area contributed by atoms with Crippen LogP contribution in [0.15, 0.2) is 54.9 Å². The fourth-order valence-corrected chi connectivity index (χ4v) is 2.32. The molecule has 9 heteroatoms. The van der Waals surface area contributed by atoms with Crippen molar-refractivity contribution in [2.45, 2.75) is 0 Å². The zero-order valence-electron chi connectivity index (χ0n) is 13.5. The van der Waals surface area contributed by atoms with Gasteiger partial charge in [0.1, 0.15) is 17.8 Å². The van der Waals surface area contributed by atoms with E-state index >= 15 is 0 Å². The van der Waals surface area contributed by atoms with Crippen LogP contribution in [0.1, 0.15) is 0 Å². The quantitative estimate of drug-likeness (QED) is 0.499. The van der Waals surface area contributed by atoms with E-state index in [1.165, 1.54) is 13.4 Å². The van der Waals surface area contributed by atoms with Crippen molar-refractivity contribution in [3.8, 4) is 17.4 Å². The van der Waals surface area contributed by atoms with E-state index in [0.717, 1.165) is 0 Å². The zero-order valence-corrected chi connectivity index (χ0v) is 14.3. The number of ether oxygens (including phenoxy) is 2. The predicted molar refractivity (Wildman–Crippen MR) is 96.5 cm³/mol. The van der Waals surface area contributed by atoms with Gasteiger partial charge in [0.2, 0.25) is 5.82 Å². The van der Waals surface area contributed by atoms with Gasteiger partial charge in [-0.25, -0.2) is 4.98 Å². The number of nitro groups is 1. The summed E-state index contributed by atoms with van der Waals surface area (Å²) < 4.78 is 10.6. The van der Waals surface area contributed by atoms with Crippen molar-refractivity contribution in [1.82, 2.24) is 9.97 Å². The highest BCUT2D eigenvalue weighted by atomic mass is 35.5. The maximum atomic E-state index is 11.6. The van der Waals surface area contributed by atoms with Gasteiger partial charge in [0.05, 0.1) is 22.7 Å². The van der Waals surface area contributed by atoms with Gasteiger partial charge < -0.3 is 14.8 Å². The second kappa shape index (κ2) is 7.66. The smallest absolute Gasteiger partial charge is 0.373 e. The van der Waals surface area contributed by atoms with Crippen LogP contribution in [0, 0.1) is 10.1 Å². The van der Waals surface area contributed by atoms with Gasteiger partial charge in [-0.1, -0.05) is 23.7 Å². The van der Waals surface area contributed by atoms with Gasteiger partial charge in [-0.2, -0.15) is 4.98 Å². The lowest BCUT2D eigenvalue weighted by Gasteiger charge is -2.10.